The molecule has 0 amide bonds. The third-order valence-electron chi connectivity index (χ3n) is 1.47. The van der Waals surface area contributed by atoms with Gasteiger partial charge in [0, 0.05) is 12.0 Å². The van der Waals surface area contributed by atoms with Crippen molar-refractivity contribution in [2.24, 2.45) is 0 Å². The average Bonchev–Trinajstić information content (AvgIpc) is 2.09. The van der Waals surface area contributed by atoms with Gasteiger partial charge in [-0.05, 0) is 18.6 Å². The van der Waals surface area contributed by atoms with Gasteiger partial charge >= 0.3 is 0 Å². The number of unbranched alkanes of at least 4 members (excludes halogenated alkanes) is 1. The van der Waals surface area contributed by atoms with Crippen molar-refractivity contribution in [2.45, 2.75) is 19.8 Å². The maximum atomic E-state index is 5.90. The van der Waals surface area contributed by atoms with Crippen molar-refractivity contribution < 1.29 is 0 Å². The van der Waals surface area contributed by atoms with Gasteiger partial charge in [0.2, 0.25) is 0 Å². The minimum Gasteiger partial charge on any atom is -0.0979 e. The van der Waals surface area contributed by atoms with Crippen molar-refractivity contribution in [3.05, 3.63) is 34.9 Å². The molecule has 12 heavy (non-hydrogen) atoms. The summed E-state index contributed by atoms with van der Waals surface area (Å²) >= 11 is 5.90. The van der Waals surface area contributed by atoms with Crippen molar-refractivity contribution in [3.63, 3.8) is 0 Å². The van der Waals surface area contributed by atoms with Crippen LogP contribution >= 0.6 is 11.6 Å². The molecule has 1 rings (SSSR count). The number of hydrogen-bond donors (Lipinski definition) is 0. The zero-order chi connectivity index (χ0) is 8.81. The molecule has 1 aromatic carbocycles. The second-order valence-electron chi connectivity index (χ2n) is 2.53. The van der Waals surface area contributed by atoms with Gasteiger partial charge in [0.25, 0.3) is 0 Å². The van der Waals surface area contributed by atoms with E-state index in [9.17, 15) is 0 Å². The van der Waals surface area contributed by atoms with Crippen LogP contribution in [-0.2, 0) is 0 Å². The predicted octanol–water partition coefficient (Wildman–Crippen LogP) is 3.49. The molecule has 0 aliphatic carbocycles. The van der Waals surface area contributed by atoms with E-state index < -0.39 is 0 Å². The number of rotatable bonds is 1. The van der Waals surface area contributed by atoms with Crippen LogP contribution in [0.5, 0.6) is 0 Å². The molecule has 0 aliphatic rings. The molecule has 0 heterocycles. The number of benzene rings is 1. The van der Waals surface area contributed by atoms with E-state index in [2.05, 4.69) is 18.8 Å². The van der Waals surface area contributed by atoms with E-state index >= 15 is 0 Å². The Morgan fingerprint density at radius 1 is 1.33 bits per heavy atom. The first kappa shape index (κ1) is 9.16. The highest BCUT2D eigenvalue weighted by Gasteiger charge is 1.91. The quantitative estimate of drug-likeness (QED) is 0.578. The second-order valence-corrected chi connectivity index (χ2v) is 2.94. The molecule has 0 nitrogen and oxygen atoms in total. The highest BCUT2D eigenvalue weighted by Crippen LogP contribution is 2.12. The minimum absolute atomic E-state index is 0.737. The Morgan fingerprint density at radius 3 is 2.75 bits per heavy atom. The molecule has 0 unspecified atom stereocenters. The van der Waals surface area contributed by atoms with Crippen LogP contribution in [0.1, 0.15) is 25.3 Å². The largest absolute Gasteiger partial charge is 0.0979 e. The normalized spacial score (nSPS) is 8.83. The first-order valence-electron chi connectivity index (χ1n) is 4.08. The standard InChI is InChI=1S/C11H11Cl/c1-2-3-4-7-10-8-5-6-9-11(10)12/h5-6,8-9H,2-3H2,1H3. The minimum atomic E-state index is 0.737. The van der Waals surface area contributed by atoms with Crippen molar-refractivity contribution in [1.29, 1.82) is 0 Å². The molecule has 0 fully saturated rings. The molecular weight excluding hydrogens is 168 g/mol. The summed E-state index contributed by atoms with van der Waals surface area (Å²) in [5, 5.41) is 0.737. The van der Waals surface area contributed by atoms with Gasteiger partial charge in [-0.1, -0.05) is 42.5 Å². The summed E-state index contributed by atoms with van der Waals surface area (Å²) in [6.07, 6.45) is 2.03. The summed E-state index contributed by atoms with van der Waals surface area (Å²) in [4.78, 5) is 0. The van der Waals surface area contributed by atoms with Crippen molar-refractivity contribution in [2.75, 3.05) is 0 Å². The average molecular weight is 179 g/mol. The van der Waals surface area contributed by atoms with E-state index in [0.29, 0.717) is 0 Å². The zero-order valence-electron chi connectivity index (χ0n) is 7.10. The fourth-order valence-corrected chi connectivity index (χ4v) is 1.03. The molecule has 0 N–H and O–H groups in total. The van der Waals surface area contributed by atoms with Gasteiger partial charge in [0.05, 0.1) is 5.02 Å². The Labute approximate surface area is 78.6 Å². The van der Waals surface area contributed by atoms with Gasteiger partial charge in [-0.3, -0.25) is 0 Å². The van der Waals surface area contributed by atoms with Crippen LogP contribution in [0.3, 0.4) is 0 Å². The van der Waals surface area contributed by atoms with Gasteiger partial charge in [0.15, 0.2) is 0 Å². The molecule has 1 heteroatoms. The first-order valence-corrected chi connectivity index (χ1v) is 4.45. The van der Waals surface area contributed by atoms with Crippen molar-refractivity contribution in [3.8, 4) is 11.8 Å². The lowest BCUT2D eigenvalue weighted by atomic mass is 10.2. The maximum Gasteiger partial charge on any atom is 0.0562 e. The Morgan fingerprint density at radius 2 is 2.08 bits per heavy atom. The van der Waals surface area contributed by atoms with Gasteiger partial charge in [-0.15, -0.1) is 0 Å². The van der Waals surface area contributed by atoms with Crippen molar-refractivity contribution >= 4 is 11.6 Å². The molecule has 0 spiro atoms. The zero-order valence-corrected chi connectivity index (χ0v) is 7.86. The highest BCUT2D eigenvalue weighted by atomic mass is 35.5. The topological polar surface area (TPSA) is 0 Å². The summed E-state index contributed by atoms with van der Waals surface area (Å²) in [6, 6.07) is 7.65. The maximum absolute atomic E-state index is 5.90. The van der Waals surface area contributed by atoms with Gasteiger partial charge < -0.3 is 0 Å². The molecule has 0 saturated heterocycles. The third-order valence-corrected chi connectivity index (χ3v) is 1.80. The third kappa shape index (κ3) is 2.60. The van der Waals surface area contributed by atoms with Crippen LogP contribution < -0.4 is 0 Å². The predicted molar refractivity (Wildman–Crippen MR) is 53.2 cm³/mol. The van der Waals surface area contributed by atoms with Gasteiger partial charge in [-0.25, -0.2) is 0 Å². The molecule has 0 atom stereocenters. The van der Waals surface area contributed by atoms with Gasteiger partial charge in [0.1, 0.15) is 0 Å². The molecule has 0 saturated carbocycles. The molecule has 0 radical (unpaired) electrons. The first-order chi connectivity index (χ1) is 5.84. The van der Waals surface area contributed by atoms with E-state index in [1.54, 1.807) is 0 Å². The molecule has 0 bridgehead atoms. The Balaban J connectivity index is 2.77. The lowest BCUT2D eigenvalue weighted by Gasteiger charge is -1.91. The molecular formula is C11H11Cl. The van der Waals surface area contributed by atoms with Crippen LogP contribution in [0.2, 0.25) is 5.02 Å². The Hall–Kier alpha value is -0.930. The van der Waals surface area contributed by atoms with Crippen molar-refractivity contribution in [1.82, 2.24) is 0 Å². The van der Waals surface area contributed by atoms with Crippen LogP contribution in [0.4, 0.5) is 0 Å². The lowest BCUT2D eigenvalue weighted by molar-refractivity contribution is 0.983. The molecule has 62 valence electrons. The SMILES string of the molecule is CCCC#Cc1ccccc1Cl. The number of hydrogen-bond acceptors (Lipinski definition) is 0. The van der Waals surface area contributed by atoms with E-state index in [1.807, 2.05) is 24.3 Å². The molecule has 0 aromatic heterocycles. The fraction of sp³-hybridized carbons (Fsp3) is 0.273. The molecule has 1 aromatic rings. The second kappa shape index (κ2) is 4.85. The Kier molecular flexibility index (Phi) is 3.70. The molecule has 0 aliphatic heterocycles. The smallest absolute Gasteiger partial charge is 0.0562 e. The van der Waals surface area contributed by atoms with Crippen LogP contribution in [0.25, 0.3) is 0 Å². The highest BCUT2D eigenvalue weighted by molar-refractivity contribution is 6.31. The monoisotopic (exact) mass is 178 g/mol. The fourth-order valence-electron chi connectivity index (χ4n) is 0.845. The van der Waals surface area contributed by atoms with Crippen LogP contribution in [0.15, 0.2) is 24.3 Å². The van der Waals surface area contributed by atoms with E-state index in [-0.39, 0.29) is 0 Å². The Bertz CT molecular complexity index is 304. The summed E-state index contributed by atoms with van der Waals surface area (Å²) in [5.74, 6) is 6.09. The van der Waals surface area contributed by atoms with E-state index in [0.717, 1.165) is 23.4 Å². The van der Waals surface area contributed by atoms with E-state index in [4.69, 9.17) is 11.6 Å². The summed E-state index contributed by atoms with van der Waals surface area (Å²) in [5.41, 5.74) is 0.924. The summed E-state index contributed by atoms with van der Waals surface area (Å²) in [7, 11) is 0. The number of halogens is 1. The van der Waals surface area contributed by atoms with E-state index in [1.165, 1.54) is 0 Å². The summed E-state index contributed by atoms with van der Waals surface area (Å²) < 4.78 is 0. The van der Waals surface area contributed by atoms with Crippen LogP contribution in [0, 0.1) is 11.8 Å². The lowest BCUT2D eigenvalue weighted by Crippen LogP contribution is -1.74. The van der Waals surface area contributed by atoms with Gasteiger partial charge in [-0.2, -0.15) is 0 Å². The van der Waals surface area contributed by atoms with Crippen LogP contribution in [-0.4, -0.2) is 0 Å². The summed E-state index contributed by atoms with van der Waals surface area (Å²) in [6.45, 7) is 2.11.